The predicted octanol–water partition coefficient (Wildman–Crippen LogP) is 7.95. The van der Waals surface area contributed by atoms with Crippen molar-refractivity contribution in [3.05, 3.63) is 131 Å². The number of benzene rings is 6. The normalized spacial score (nSPS) is 10.8. The van der Waals surface area contributed by atoms with Crippen molar-refractivity contribution in [1.82, 2.24) is 0 Å². The molecule has 0 bridgehead atoms. The van der Waals surface area contributed by atoms with Crippen LogP contribution in [0.4, 0.5) is 0 Å². The van der Waals surface area contributed by atoms with Crippen LogP contribution >= 0.6 is 0 Å². The second-order valence-electron chi connectivity index (χ2n) is 9.59. The molecular formula is C36H22O6. The van der Waals surface area contributed by atoms with E-state index < -0.39 is 0 Å². The quantitative estimate of drug-likeness (QED) is 0.103. The molecule has 0 atom stereocenters. The second-order valence-corrected chi connectivity index (χ2v) is 9.59. The van der Waals surface area contributed by atoms with E-state index in [9.17, 15) is 19.2 Å². The summed E-state index contributed by atoms with van der Waals surface area (Å²) >= 11 is 0. The molecule has 0 heterocycles. The Hall–Kier alpha value is -5.88. The van der Waals surface area contributed by atoms with E-state index in [-0.39, 0.29) is 0 Å². The van der Waals surface area contributed by atoms with Crippen LogP contribution in [0.3, 0.4) is 0 Å². The highest BCUT2D eigenvalue weighted by Gasteiger charge is 2.22. The van der Waals surface area contributed by atoms with Crippen LogP contribution in [0.15, 0.2) is 109 Å². The van der Waals surface area contributed by atoms with E-state index in [0.29, 0.717) is 77.6 Å². The fourth-order valence-corrected chi connectivity index (χ4v) is 5.30. The number of aldehydes is 4. The van der Waals surface area contributed by atoms with Crippen LogP contribution < -0.4 is 9.78 Å². The molecule has 0 radical (unpaired) electrons. The van der Waals surface area contributed by atoms with Crippen LogP contribution in [-0.2, 0) is 0 Å². The van der Waals surface area contributed by atoms with E-state index in [4.69, 9.17) is 9.78 Å². The first kappa shape index (κ1) is 26.3. The van der Waals surface area contributed by atoms with Gasteiger partial charge in [-0.25, -0.2) is 0 Å². The fourth-order valence-electron chi connectivity index (χ4n) is 5.30. The molecule has 0 amide bonds. The number of carbonyl (C=O) groups excluding carboxylic acids is 4. The third-order valence-electron chi connectivity index (χ3n) is 7.27. The highest BCUT2D eigenvalue weighted by Crippen LogP contribution is 2.43. The number of rotatable bonds is 9. The predicted molar refractivity (Wildman–Crippen MR) is 162 cm³/mol. The third-order valence-corrected chi connectivity index (χ3v) is 7.27. The van der Waals surface area contributed by atoms with Crippen LogP contribution in [-0.4, -0.2) is 25.1 Å². The summed E-state index contributed by atoms with van der Waals surface area (Å²) < 4.78 is 0. The molecule has 0 aliphatic carbocycles. The highest BCUT2D eigenvalue weighted by molar-refractivity contribution is 6.08. The minimum Gasteiger partial charge on any atom is -0.298 e. The topological polar surface area (TPSA) is 86.7 Å². The molecule has 0 saturated heterocycles. The van der Waals surface area contributed by atoms with E-state index in [0.717, 1.165) is 25.1 Å². The van der Waals surface area contributed by atoms with E-state index in [1.165, 1.54) is 0 Å². The number of hydrogen-bond acceptors (Lipinski definition) is 6. The molecular weight excluding hydrogens is 528 g/mol. The summed E-state index contributed by atoms with van der Waals surface area (Å²) in [6, 6.07) is 31.9. The van der Waals surface area contributed by atoms with Crippen molar-refractivity contribution in [2.24, 2.45) is 0 Å². The lowest BCUT2D eigenvalue weighted by Crippen LogP contribution is -2.07. The van der Waals surface area contributed by atoms with Crippen LogP contribution in [0, 0.1) is 0 Å². The highest BCUT2D eigenvalue weighted by atomic mass is 17.2. The average molecular weight is 551 g/mol. The molecule has 0 fully saturated rings. The van der Waals surface area contributed by atoms with Gasteiger partial charge in [0.2, 0.25) is 0 Å². The summed E-state index contributed by atoms with van der Waals surface area (Å²) in [4.78, 5) is 60.6. The first-order valence-corrected chi connectivity index (χ1v) is 13.1. The SMILES string of the molecule is O=Cc1ccccc1-c1cc(C=O)c2ccccc2c1OOc1c(-c2ccccc2C=O)cc(C=O)c2ccccc12. The Balaban J connectivity index is 1.61. The van der Waals surface area contributed by atoms with Gasteiger partial charge in [-0.1, -0.05) is 97.1 Å². The summed E-state index contributed by atoms with van der Waals surface area (Å²) in [5, 5.41) is 2.49. The standard InChI is InChI=1S/C36H22O6/c37-19-23-9-1-3-11-27(23)33-17-25(21-39)29-13-5-7-15-31(29)35(33)41-42-36-32-16-8-6-14-30(32)26(22-40)18-34(36)28-12-4-2-10-24(28)20-38/h1-22H. The maximum atomic E-state index is 12.1. The van der Waals surface area contributed by atoms with E-state index in [1.54, 1.807) is 72.8 Å². The molecule has 0 aliphatic rings. The summed E-state index contributed by atoms with van der Waals surface area (Å²) in [7, 11) is 0. The zero-order valence-corrected chi connectivity index (χ0v) is 22.2. The van der Waals surface area contributed by atoms with Crippen molar-refractivity contribution in [2.45, 2.75) is 0 Å². The van der Waals surface area contributed by atoms with E-state index in [1.807, 2.05) is 36.4 Å². The molecule has 0 saturated carbocycles. The van der Waals surface area contributed by atoms with Gasteiger partial charge in [0.25, 0.3) is 0 Å². The Morgan fingerprint density at radius 1 is 0.357 bits per heavy atom. The minimum atomic E-state index is 0.295. The molecule has 202 valence electrons. The van der Waals surface area contributed by atoms with Crippen molar-refractivity contribution in [1.29, 1.82) is 0 Å². The average Bonchev–Trinajstić information content (AvgIpc) is 3.06. The fraction of sp³-hybridized carbons (Fsp3) is 0. The van der Waals surface area contributed by atoms with Gasteiger partial charge in [-0.05, 0) is 34.0 Å². The molecule has 6 rings (SSSR count). The lowest BCUT2D eigenvalue weighted by Gasteiger charge is -2.19. The lowest BCUT2D eigenvalue weighted by atomic mass is 9.93. The van der Waals surface area contributed by atoms with Crippen LogP contribution in [0.25, 0.3) is 43.8 Å². The second kappa shape index (κ2) is 11.3. The zero-order valence-electron chi connectivity index (χ0n) is 22.2. The van der Waals surface area contributed by atoms with Gasteiger partial charge in [-0.15, -0.1) is 0 Å². The van der Waals surface area contributed by atoms with Gasteiger partial charge in [0.05, 0.1) is 0 Å². The van der Waals surface area contributed by atoms with Crippen LogP contribution in [0.1, 0.15) is 41.4 Å². The molecule has 6 heteroatoms. The zero-order chi connectivity index (χ0) is 29.1. The Morgan fingerprint density at radius 3 is 1.07 bits per heavy atom. The van der Waals surface area contributed by atoms with Crippen molar-refractivity contribution in [2.75, 3.05) is 0 Å². The Kier molecular flexibility index (Phi) is 7.10. The minimum absolute atomic E-state index is 0.295. The maximum Gasteiger partial charge on any atom is 0.194 e. The van der Waals surface area contributed by atoms with Crippen molar-refractivity contribution >= 4 is 46.7 Å². The maximum absolute atomic E-state index is 12.1. The van der Waals surface area contributed by atoms with Gasteiger partial charge in [-0.2, -0.15) is 0 Å². The van der Waals surface area contributed by atoms with Gasteiger partial charge in [0.1, 0.15) is 0 Å². The summed E-state index contributed by atoms with van der Waals surface area (Å²) in [5.74, 6) is 0.590. The molecule has 6 nitrogen and oxygen atoms in total. The van der Waals surface area contributed by atoms with Crippen molar-refractivity contribution < 1.29 is 29.0 Å². The third kappa shape index (κ3) is 4.51. The van der Waals surface area contributed by atoms with Gasteiger partial charge < -0.3 is 0 Å². The largest absolute Gasteiger partial charge is 0.298 e. The first-order valence-electron chi connectivity index (χ1n) is 13.1. The van der Waals surface area contributed by atoms with Crippen LogP contribution in [0.5, 0.6) is 11.5 Å². The summed E-state index contributed by atoms with van der Waals surface area (Å²) in [6.07, 6.45) is 3.02. The number of hydrogen-bond donors (Lipinski definition) is 0. The van der Waals surface area contributed by atoms with Crippen LogP contribution in [0.2, 0.25) is 0 Å². The molecule has 0 unspecified atom stereocenters. The number of carbonyl (C=O) groups is 4. The Bertz CT molecular complexity index is 1880. The molecule has 6 aromatic rings. The van der Waals surface area contributed by atoms with Gasteiger partial charge >= 0.3 is 0 Å². The first-order chi connectivity index (χ1) is 20.7. The molecule has 42 heavy (non-hydrogen) atoms. The molecule has 6 aromatic carbocycles. The van der Waals surface area contributed by atoms with Gasteiger partial charge in [0, 0.05) is 44.2 Å². The molecule has 0 aromatic heterocycles. The Labute approximate surface area is 240 Å². The molecule has 0 aliphatic heterocycles. The van der Waals surface area contributed by atoms with Gasteiger partial charge in [0.15, 0.2) is 36.6 Å². The lowest BCUT2D eigenvalue weighted by molar-refractivity contribution is -0.0957. The van der Waals surface area contributed by atoms with Crippen molar-refractivity contribution in [3.63, 3.8) is 0 Å². The molecule has 0 N–H and O–H groups in total. The van der Waals surface area contributed by atoms with E-state index in [2.05, 4.69) is 0 Å². The van der Waals surface area contributed by atoms with Crippen molar-refractivity contribution in [3.8, 4) is 33.8 Å². The van der Waals surface area contributed by atoms with E-state index >= 15 is 0 Å². The summed E-state index contributed by atoms with van der Waals surface area (Å²) in [5.41, 5.74) is 3.78. The molecule has 0 spiro atoms. The Morgan fingerprint density at radius 2 is 0.690 bits per heavy atom. The monoisotopic (exact) mass is 550 g/mol. The smallest absolute Gasteiger partial charge is 0.194 e. The number of fused-ring (bicyclic) bond motifs is 2. The van der Waals surface area contributed by atoms with Gasteiger partial charge in [-0.3, -0.25) is 29.0 Å². The summed E-state index contributed by atoms with van der Waals surface area (Å²) in [6.45, 7) is 0.